The molecule has 0 spiro atoms. The summed E-state index contributed by atoms with van der Waals surface area (Å²) in [5.41, 5.74) is 4.93. The second-order valence-electron chi connectivity index (χ2n) is 10.1. The van der Waals surface area contributed by atoms with Crippen LogP contribution in [0.3, 0.4) is 0 Å². The Hall–Kier alpha value is -2.47. The molecule has 5 rings (SSSR count). The topological polar surface area (TPSA) is 61.4 Å². The van der Waals surface area contributed by atoms with Crippen LogP contribution >= 0.6 is 0 Å². The largest absolute Gasteiger partial charge is 0.369 e. The molecule has 6 heteroatoms. The van der Waals surface area contributed by atoms with Crippen LogP contribution in [0.15, 0.2) is 30.5 Å². The lowest BCUT2D eigenvalue weighted by Crippen LogP contribution is -2.49. The molecular weight excluding hydrogens is 398 g/mol. The van der Waals surface area contributed by atoms with Crippen LogP contribution in [0.5, 0.6) is 0 Å². The molecule has 3 heterocycles. The third-order valence-corrected chi connectivity index (χ3v) is 8.03. The van der Waals surface area contributed by atoms with E-state index in [9.17, 15) is 4.79 Å². The molecule has 1 N–H and O–H groups in total. The van der Waals surface area contributed by atoms with Gasteiger partial charge in [0.25, 0.3) is 0 Å². The van der Waals surface area contributed by atoms with E-state index in [-0.39, 0.29) is 17.4 Å². The zero-order valence-corrected chi connectivity index (χ0v) is 19.8. The number of carbonyl (C=O) groups is 1. The molecule has 170 valence electrons. The number of nitrogens with one attached hydrogen (secondary N) is 1. The smallest absolute Gasteiger partial charge is 0.224 e. The van der Waals surface area contributed by atoms with Crippen LogP contribution in [0, 0.1) is 18.3 Å². The van der Waals surface area contributed by atoms with Gasteiger partial charge in [0.1, 0.15) is 5.82 Å². The van der Waals surface area contributed by atoms with Gasteiger partial charge in [-0.2, -0.15) is 0 Å². The van der Waals surface area contributed by atoms with Crippen molar-refractivity contribution < 1.29 is 4.79 Å². The highest BCUT2D eigenvalue weighted by atomic mass is 16.2. The van der Waals surface area contributed by atoms with Gasteiger partial charge in [0.15, 0.2) is 0 Å². The van der Waals surface area contributed by atoms with Crippen molar-refractivity contribution in [2.24, 2.45) is 11.3 Å². The number of fused-ring (bicyclic) bond motifs is 1. The number of hydrogen-bond donors (Lipinski definition) is 1. The predicted octanol–water partition coefficient (Wildman–Crippen LogP) is 3.69. The van der Waals surface area contributed by atoms with E-state index in [1.165, 1.54) is 24.1 Å². The van der Waals surface area contributed by atoms with Gasteiger partial charge in [-0.1, -0.05) is 6.92 Å². The maximum absolute atomic E-state index is 12.7. The summed E-state index contributed by atoms with van der Waals surface area (Å²) in [6.45, 7) is 12.4. The Morgan fingerprint density at radius 3 is 2.59 bits per heavy atom. The molecule has 2 aromatic rings. The van der Waals surface area contributed by atoms with E-state index < -0.39 is 0 Å². The fourth-order valence-corrected chi connectivity index (χ4v) is 6.15. The maximum atomic E-state index is 12.7. The maximum Gasteiger partial charge on any atom is 0.224 e. The van der Waals surface area contributed by atoms with Crippen LogP contribution < -0.4 is 15.1 Å². The van der Waals surface area contributed by atoms with Crippen molar-refractivity contribution in [1.29, 1.82) is 0 Å². The van der Waals surface area contributed by atoms with E-state index in [4.69, 9.17) is 4.98 Å². The van der Waals surface area contributed by atoms with Crippen LogP contribution in [-0.4, -0.2) is 48.1 Å². The molecule has 1 saturated heterocycles. The lowest BCUT2D eigenvalue weighted by molar-refractivity contribution is -0.117. The van der Waals surface area contributed by atoms with E-state index in [1.54, 1.807) is 6.92 Å². The number of hydrogen-bond acceptors (Lipinski definition) is 5. The molecule has 1 saturated carbocycles. The molecule has 1 amide bonds. The number of carbonyl (C=O) groups excluding carboxylic acids is 1. The lowest BCUT2D eigenvalue weighted by atomic mass is 9.68. The minimum Gasteiger partial charge on any atom is -0.369 e. The highest BCUT2D eigenvalue weighted by molar-refractivity contribution is 5.94. The number of benzene rings is 1. The van der Waals surface area contributed by atoms with Gasteiger partial charge in [0.05, 0.1) is 0 Å². The molecule has 3 atom stereocenters. The van der Waals surface area contributed by atoms with Crippen molar-refractivity contribution in [2.75, 3.05) is 36.0 Å². The van der Waals surface area contributed by atoms with Crippen molar-refractivity contribution in [2.45, 2.75) is 58.9 Å². The second-order valence-corrected chi connectivity index (χ2v) is 10.1. The summed E-state index contributed by atoms with van der Waals surface area (Å²) >= 11 is 0. The van der Waals surface area contributed by atoms with Gasteiger partial charge in [-0.25, -0.2) is 9.97 Å². The van der Waals surface area contributed by atoms with Gasteiger partial charge < -0.3 is 15.1 Å². The van der Waals surface area contributed by atoms with Crippen molar-refractivity contribution in [3.8, 4) is 0 Å². The molecule has 0 unspecified atom stereocenters. The zero-order chi connectivity index (χ0) is 22.5. The number of anilines is 2. The summed E-state index contributed by atoms with van der Waals surface area (Å²) in [4.78, 5) is 26.5. The summed E-state index contributed by atoms with van der Waals surface area (Å²) in [5, 5.41) is 3.45. The van der Waals surface area contributed by atoms with Gasteiger partial charge in [-0.15, -0.1) is 0 Å². The van der Waals surface area contributed by atoms with E-state index >= 15 is 0 Å². The average Bonchev–Trinajstić information content (AvgIpc) is 3.54. The average molecular weight is 434 g/mol. The molecule has 2 fully saturated rings. The minimum atomic E-state index is 0.130. The Kier molecular flexibility index (Phi) is 5.44. The molecule has 32 heavy (non-hydrogen) atoms. The van der Waals surface area contributed by atoms with E-state index in [1.807, 2.05) is 24.1 Å². The van der Waals surface area contributed by atoms with E-state index in [2.05, 4.69) is 47.2 Å². The third-order valence-electron chi connectivity index (χ3n) is 8.03. The molecule has 0 bridgehead atoms. The Morgan fingerprint density at radius 2 is 1.94 bits per heavy atom. The molecule has 1 aliphatic carbocycles. The van der Waals surface area contributed by atoms with E-state index in [0.29, 0.717) is 11.8 Å². The lowest BCUT2D eigenvalue weighted by Gasteiger charge is -2.47. The summed E-state index contributed by atoms with van der Waals surface area (Å²) < 4.78 is 0. The minimum absolute atomic E-state index is 0.130. The molecule has 1 aromatic carbocycles. The fraction of sp³-hybridized carbons (Fsp3) is 0.577. The normalized spacial score (nSPS) is 26.6. The van der Waals surface area contributed by atoms with E-state index in [0.717, 1.165) is 49.8 Å². The molecule has 0 radical (unpaired) electrons. The number of aryl methyl sites for hydroxylation is 1. The molecule has 2 aliphatic heterocycles. The highest BCUT2D eigenvalue weighted by Crippen LogP contribution is 2.64. The first-order valence-corrected chi connectivity index (χ1v) is 12.1. The Morgan fingerprint density at radius 1 is 1.19 bits per heavy atom. The van der Waals surface area contributed by atoms with Crippen molar-refractivity contribution in [3.63, 3.8) is 0 Å². The molecule has 1 aromatic heterocycles. The Labute approximate surface area is 191 Å². The zero-order valence-electron chi connectivity index (χ0n) is 19.8. The van der Waals surface area contributed by atoms with Crippen molar-refractivity contribution in [1.82, 2.24) is 15.3 Å². The Balaban J connectivity index is 1.57. The number of nitrogens with zero attached hydrogens (tertiary/aromatic N) is 4. The van der Waals surface area contributed by atoms with Crippen LogP contribution in [0.4, 0.5) is 11.4 Å². The SMILES string of the molecule is CC(=O)N1c2ccc(N3CCNCC3)cc2[C@H](C2(Cc3nccc(C)n3)CC2)[C@@H](C)[C@@H]1C. The number of amides is 1. The highest BCUT2D eigenvalue weighted by Gasteiger charge is 2.56. The molecule has 6 nitrogen and oxygen atoms in total. The summed E-state index contributed by atoms with van der Waals surface area (Å²) in [6.07, 6.45) is 5.19. The summed E-state index contributed by atoms with van der Waals surface area (Å²) in [6, 6.07) is 8.94. The van der Waals surface area contributed by atoms with Crippen molar-refractivity contribution >= 4 is 17.3 Å². The van der Waals surface area contributed by atoms with Crippen LogP contribution in [0.1, 0.15) is 56.6 Å². The van der Waals surface area contributed by atoms with Gasteiger partial charge in [-0.05, 0) is 73.8 Å². The van der Waals surface area contributed by atoms with Crippen LogP contribution in [0.25, 0.3) is 0 Å². The third kappa shape index (κ3) is 3.68. The predicted molar refractivity (Wildman–Crippen MR) is 128 cm³/mol. The fourth-order valence-electron chi connectivity index (χ4n) is 6.15. The quantitative estimate of drug-likeness (QED) is 0.797. The Bertz CT molecular complexity index is 1010. The summed E-state index contributed by atoms with van der Waals surface area (Å²) in [7, 11) is 0. The number of piperazine rings is 1. The first-order valence-electron chi connectivity index (χ1n) is 12.1. The number of rotatable bonds is 4. The first kappa shape index (κ1) is 21.4. The van der Waals surface area contributed by atoms with Crippen molar-refractivity contribution in [3.05, 3.63) is 47.5 Å². The monoisotopic (exact) mass is 433 g/mol. The van der Waals surface area contributed by atoms with Crippen LogP contribution in [0.2, 0.25) is 0 Å². The number of aromatic nitrogens is 2. The first-order chi connectivity index (χ1) is 15.4. The molecule has 3 aliphatic rings. The molecular formula is C26H35N5O. The van der Waals surface area contributed by atoms with Crippen LogP contribution in [-0.2, 0) is 11.2 Å². The second kappa shape index (κ2) is 8.14. The van der Waals surface area contributed by atoms with Gasteiger partial charge in [0, 0.05) is 68.8 Å². The van der Waals surface area contributed by atoms with Gasteiger partial charge >= 0.3 is 0 Å². The standard InChI is InChI=1S/C26H35N5O/c1-17-7-10-28-24(29-17)16-26(8-9-26)25-18(2)19(3)31(20(4)32)23-6-5-21(15-22(23)25)30-13-11-27-12-14-30/h5-7,10,15,18-19,25,27H,8-9,11-14,16H2,1-4H3/t18-,19-,25+/m0/s1. The van der Waals surface area contributed by atoms with Gasteiger partial charge in [-0.3, -0.25) is 4.79 Å². The van der Waals surface area contributed by atoms with Gasteiger partial charge in [0.2, 0.25) is 5.91 Å². The summed E-state index contributed by atoms with van der Waals surface area (Å²) in [5.74, 6) is 1.86.